The Kier molecular flexibility index (Phi) is 20.6. The summed E-state index contributed by atoms with van der Waals surface area (Å²) in [4.78, 5) is 51.7. The molecule has 23 heteroatoms. The lowest BCUT2D eigenvalue weighted by Gasteiger charge is -2.32. The van der Waals surface area contributed by atoms with Crippen LogP contribution in [0.25, 0.3) is 24.3 Å². The molecule has 0 saturated heterocycles. The molecule has 23 nitrogen and oxygen atoms in total. The maximum Gasteiger partial charge on any atom is 0.157 e. The van der Waals surface area contributed by atoms with Crippen LogP contribution in [0.4, 0.5) is 0 Å². The zero-order valence-corrected chi connectivity index (χ0v) is 44.7. The van der Waals surface area contributed by atoms with E-state index in [-0.39, 0.29) is 147 Å². The molecule has 0 aliphatic carbocycles. The van der Waals surface area contributed by atoms with Crippen LogP contribution in [-0.2, 0) is 58.1 Å². The number of rotatable bonds is 30. The molecule has 0 fully saturated rings. The van der Waals surface area contributed by atoms with Crippen molar-refractivity contribution in [2.75, 3.05) is 6.54 Å². The Morgan fingerprint density at radius 1 is 0.451 bits per heavy atom. The number of azo groups is 1. The Morgan fingerprint density at radius 2 is 0.768 bits per heavy atom. The van der Waals surface area contributed by atoms with Crippen molar-refractivity contribution in [1.29, 1.82) is 0 Å². The van der Waals surface area contributed by atoms with Gasteiger partial charge in [0.05, 0.1) is 49.0 Å². The summed E-state index contributed by atoms with van der Waals surface area (Å²) in [7, 11) is 0. The highest BCUT2D eigenvalue weighted by Crippen LogP contribution is 2.32. The van der Waals surface area contributed by atoms with Gasteiger partial charge in [-0.3, -0.25) is 33.2 Å². The van der Waals surface area contributed by atoms with Gasteiger partial charge in [-0.2, -0.15) is 10.2 Å². The van der Waals surface area contributed by atoms with Crippen LogP contribution in [-0.4, -0.2) is 116 Å². The first kappa shape index (κ1) is 59.3. The summed E-state index contributed by atoms with van der Waals surface area (Å²) in [5, 5.41) is 114. The zero-order valence-electron chi connectivity index (χ0n) is 44.7. The number of aromatic nitrogens is 9. The molecule has 0 aliphatic rings. The quantitative estimate of drug-likeness (QED) is 0.0120. The molecule has 424 valence electrons. The van der Waals surface area contributed by atoms with Gasteiger partial charge in [-0.25, -0.2) is 0 Å². The van der Waals surface area contributed by atoms with E-state index >= 15 is 0 Å². The fourth-order valence-corrected chi connectivity index (χ4v) is 8.36. The van der Waals surface area contributed by atoms with Gasteiger partial charge in [-0.05, 0) is 115 Å². The third-order valence-corrected chi connectivity index (χ3v) is 12.9. The minimum absolute atomic E-state index is 0.0871. The van der Waals surface area contributed by atoms with E-state index < -0.39 is 5.41 Å². The minimum atomic E-state index is -0.893. The van der Waals surface area contributed by atoms with E-state index in [1.54, 1.807) is 69.9 Å². The molecule has 0 bridgehead atoms. The van der Waals surface area contributed by atoms with Crippen LogP contribution in [0.5, 0.6) is 46.0 Å². The molecule has 3 heterocycles. The minimum Gasteiger partial charge on any atom is -0.504 e. The van der Waals surface area contributed by atoms with Crippen LogP contribution >= 0.6 is 0 Å². The summed E-state index contributed by atoms with van der Waals surface area (Å²) in [5.74, 6) is -3.21. The van der Waals surface area contributed by atoms with Crippen LogP contribution in [0.15, 0.2) is 138 Å². The summed E-state index contributed by atoms with van der Waals surface area (Å²) in [6.07, 6.45) is 20.3. The van der Waals surface area contributed by atoms with E-state index in [0.717, 1.165) is 0 Å². The van der Waals surface area contributed by atoms with Crippen molar-refractivity contribution in [1.82, 2.24) is 45.0 Å². The normalized spacial score (nSPS) is 12.3. The number of phenolic OH excluding ortho intramolecular Hbond substituents is 8. The van der Waals surface area contributed by atoms with Crippen molar-refractivity contribution in [3.8, 4) is 46.0 Å². The van der Waals surface area contributed by atoms with Gasteiger partial charge in [0.25, 0.3) is 0 Å². The lowest BCUT2D eigenvalue weighted by Crippen LogP contribution is -2.38. The Hall–Kier alpha value is -10.3. The monoisotopic (exact) mass is 1120 g/mol. The van der Waals surface area contributed by atoms with E-state index in [4.69, 9.17) is 0 Å². The number of aromatic hydroxyl groups is 8. The lowest BCUT2D eigenvalue weighted by molar-refractivity contribution is -0.115. The van der Waals surface area contributed by atoms with Gasteiger partial charge >= 0.3 is 0 Å². The average Bonchev–Trinajstić information content (AvgIpc) is 4.24. The predicted molar refractivity (Wildman–Crippen MR) is 300 cm³/mol. The molecule has 0 radical (unpaired) electrons. The second kappa shape index (κ2) is 28.5. The molecule has 0 unspecified atom stereocenters. The Balaban J connectivity index is 1.11. The van der Waals surface area contributed by atoms with E-state index in [1.807, 2.05) is 0 Å². The lowest BCUT2D eigenvalue weighted by atomic mass is 9.83. The number of allylic oxidation sites excluding steroid dienone is 6. The molecule has 7 rings (SSSR count). The van der Waals surface area contributed by atoms with Crippen molar-refractivity contribution >= 4 is 47.4 Å². The molecule has 0 amide bonds. The van der Waals surface area contributed by atoms with Crippen molar-refractivity contribution in [2.24, 2.45) is 15.6 Å². The second-order valence-corrected chi connectivity index (χ2v) is 19.4. The molecule has 82 heavy (non-hydrogen) atoms. The zero-order chi connectivity index (χ0) is 58.6. The SMILES string of the molecule is C/C=C(CCC(=O)/C=C/c1ccc(O)c(O)c1)\N=N/CCC(Cn1cc(CCC(=O)/C=C/c2ccc(O)c(O)c2)nn1)(Cn1cc(CCC(=O)/C=C/c2ccc(O)c(O)c2)nn1)Cn1cc(CCC(=O)/C=C/c2ccc(O)c(O)c2)nn1. The van der Waals surface area contributed by atoms with Crippen molar-refractivity contribution in [2.45, 2.75) is 84.3 Å². The Labute approximate surface area is 470 Å². The molecular formula is C59H61N11O12. The fourth-order valence-electron chi connectivity index (χ4n) is 8.36. The van der Waals surface area contributed by atoms with Crippen LogP contribution in [0, 0.1) is 5.41 Å². The van der Waals surface area contributed by atoms with E-state index in [9.17, 15) is 60.0 Å². The standard InChI is InChI=1S/C59H61N11O12/c1-2-43(11-19-47(71)15-3-39-7-23-51(75)55(79)29-39)61-60-28-27-59(36-68-33-44(62-65-68)12-20-48(72)16-4-40-8-24-52(76)56(80)30-40,37-69-34-45(63-66-69)13-21-49(73)17-5-41-9-25-53(77)57(81)31-41)38-70-35-46(64-67-70)14-22-50(74)18-6-42-10-26-54(78)58(82)32-42/h2-10,15-18,23-26,29-35,75-82H,11-14,19-22,27-28,36-38H2,1H3/b15-3+,16-4+,17-5+,18-6+,43-2-,61-60-. The molecule has 8 N–H and O–H groups in total. The molecule has 7 aromatic rings. The fraction of sp³-hybridized carbons (Fsp3) is 0.254. The van der Waals surface area contributed by atoms with Crippen LogP contribution in [0.2, 0.25) is 0 Å². The number of nitrogens with zero attached hydrogens (tertiary/aromatic N) is 11. The average molecular weight is 1120 g/mol. The summed E-state index contributed by atoms with van der Waals surface area (Å²) in [6.45, 7) is 2.48. The Bertz CT molecular complexity index is 3310. The third kappa shape index (κ3) is 18.4. The van der Waals surface area contributed by atoms with Crippen molar-refractivity contribution in [3.05, 3.63) is 167 Å². The van der Waals surface area contributed by atoms with Gasteiger partial charge in [0.15, 0.2) is 69.1 Å². The molecule has 0 atom stereocenters. The van der Waals surface area contributed by atoms with Crippen molar-refractivity contribution < 1.29 is 60.0 Å². The Morgan fingerprint density at radius 3 is 1.07 bits per heavy atom. The third-order valence-electron chi connectivity index (χ3n) is 12.9. The van der Waals surface area contributed by atoms with Crippen molar-refractivity contribution in [3.63, 3.8) is 0 Å². The van der Waals surface area contributed by atoms with E-state index in [2.05, 4.69) is 41.2 Å². The number of aryl methyl sites for hydroxylation is 3. The number of ketones is 4. The first-order valence-corrected chi connectivity index (χ1v) is 26.0. The highest BCUT2D eigenvalue weighted by atomic mass is 16.3. The molecule has 4 aromatic carbocycles. The summed E-state index contributed by atoms with van der Waals surface area (Å²) in [6, 6.07) is 16.9. The number of carbonyl (C=O) groups excluding carboxylic acids is 4. The molecular weight excluding hydrogens is 1050 g/mol. The number of hydrogen-bond acceptors (Lipinski definition) is 20. The van der Waals surface area contributed by atoms with Gasteiger partial charge in [0, 0.05) is 69.0 Å². The highest BCUT2D eigenvalue weighted by molar-refractivity contribution is 5.95. The molecule has 0 spiro atoms. The smallest absolute Gasteiger partial charge is 0.157 e. The maximum atomic E-state index is 13.0. The second-order valence-electron chi connectivity index (χ2n) is 19.4. The van der Waals surface area contributed by atoms with Gasteiger partial charge in [0.1, 0.15) is 0 Å². The summed E-state index contributed by atoms with van der Waals surface area (Å²) < 4.78 is 4.94. The van der Waals surface area contributed by atoms with E-state index in [0.29, 0.717) is 51.5 Å². The molecule has 0 saturated carbocycles. The van der Waals surface area contributed by atoms with Gasteiger partial charge < -0.3 is 40.9 Å². The van der Waals surface area contributed by atoms with Crippen LogP contribution < -0.4 is 0 Å². The first-order valence-electron chi connectivity index (χ1n) is 26.0. The summed E-state index contributed by atoms with van der Waals surface area (Å²) >= 11 is 0. The maximum absolute atomic E-state index is 13.0. The number of hydrogen-bond donors (Lipinski definition) is 8. The van der Waals surface area contributed by atoms with Crippen LogP contribution in [0.3, 0.4) is 0 Å². The highest BCUT2D eigenvalue weighted by Gasteiger charge is 2.34. The van der Waals surface area contributed by atoms with E-state index in [1.165, 1.54) is 97.1 Å². The predicted octanol–water partition coefficient (Wildman–Crippen LogP) is 7.95. The topological polar surface area (TPSA) is 347 Å². The largest absolute Gasteiger partial charge is 0.504 e. The van der Waals surface area contributed by atoms with Gasteiger partial charge in [-0.15, -0.1) is 15.3 Å². The first-order chi connectivity index (χ1) is 39.4. The number of carbonyl (C=O) groups is 4. The summed E-state index contributed by atoms with van der Waals surface area (Å²) in [5.41, 5.74) is 3.31. The number of benzene rings is 4. The number of phenols is 8. The molecule has 3 aromatic heterocycles. The molecule has 0 aliphatic heterocycles. The van der Waals surface area contributed by atoms with Gasteiger partial charge in [-0.1, -0.05) is 70.3 Å². The van der Waals surface area contributed by atoms with Gasteiger partial charge in [0.2, 0.25) is 0 Å². The van der Waals surface area contributed by atoms with Crippen LogP contribution in [0.1, 0.15) is 84.8 Å².